The SMILES string of the molecule is CN(C(=O)OC(C)(C)C)[C@@H](CC(C)(C)F)C(=O)O[C@H](CCc1ccc(C2=CCOCC2)cn1)C(=O)OCc1ccccc1. The lowest BCUT2D eigenvalue weighted by molar-refractivity contribution is -0.172. The Balaban J connectivity index is 1.77. The van der Waals surface area contributed by atoms with Gasteiger partial charge in [-0.1, -0.05) is 42.5 Å². The molecule has 3 rings (SSSR count). The number of esters is 2. The second-order valence-electron chi connectivity index (χ2n) is 12.2. The van der Waals surface area contributed by atoms with Crippen LogP contribution in [-0.4, -0.2) is 71.6 Å². The molecule has 0 fully saturated rings. The molecule has 2 aromatic rings. The molecule has 0 aliphatic carbocycles. The Bertz CT molecular complexity index is 1250. The first-order chi connectivity index (χ1) is 20.2. The first-order valence-corrected chi connectivity index (χ1v) is 14.5. The zero-order chi connectivity index (χ0) is 31.6. The van der Waals surface area contributed by atoms with Crippen LogP contribution in [0.4, 0.5) is 9.18 Å². The number of benzene rings is 1. The van der Waals surface area contributed by atoms with Gasteiger partial charge in [-0.25, -0.2) is 18.8 Å². The summed E-state index contributed by atoms with van der Waals surface area (Å²) in [6.07, 6.45) is 2.50. The van der Waals surface area contributed by atoms with Gasteiger partial charge >= 0.3 is 18.0 Å². The van der Waals surface area contributed by atoms with E-state index in [0.29, 0.717) is 25.3 Å². The maximum absolute atomic E-state index is 14.8. The fourth-order valence-corrected chi connectivity index (χ4v) is 4.40. The molecule has 0 spiro atoms. The quantitative estimate of drug-likeness (QED) is 0.222. The van der Waals surface area contributed by atoms with Crippen molar-refractivity contribution in [1.29, 1.82) is 0 Å². The van der Waals surface area contributed by atoms with Crippen LogP contribution in [0.3, 0.4) is 0 Å². The summed E-state index contributed by atoms with van der Waals surface area (Å²) in [7, 11) is 1.34. The van der Waals surface area contributed by atoms with Gasteiger partial charge in [-0.2, -0.15) is 0 Å². The molecule has 9 nitrogen and oxygen atoms in total. The molecule has 1 aliphatic rings. The van der Waals surface area contributed by atoms with Crippen LogP contribution in [0.5, 0.6) is 0 Å². The van der Waals surface area contributed by atoms with Crippen molar-refractivity contribution >= 4 is 23.6 Å². The summed E-state index contributed by atoms with van der Waals surface area (Å²) < 4.78 is 36.7. The summed E-state index contributed by atoms with van der Waals surface area (Å²) in [5, 5.41) is 0. The number of aromatic nitrogens is 1. The Labute approximate surface area is 253 Å². The molecule has 43 heavy (non-hydrogen) atoms. The number of halogens is 1. The third-order valence-corrected chi connectivity index (χ3v) is 6.67. The smallest absolute Gasteiger partial charge is 0.410 e. The van der Waals surface area contributed by atoms with E-state index in [1.165, 1.54) is 20.9 Å². The molecule has 0 saturated heterocycles. The van der Waals surface area contributed by atoms with Crippen LogP contribution in [0.1, 0.15) is 70.7 Å². The van der Waals surface area contributed by atoms with Gasteiger partial charge in [-0.3, -0.25) is 9.88 Å². The highest BCUT2D eigenvalue weighted by Crippen LogP contribution is 2.24. The Kier molecular flexibility index (Phi) is 11.8. The second kappa shape index (κ2) is 15.1. The number of aryl methyl sites for hydroxylation is 1. The molecule has 0 saturated carbocycles. The van der Waals surface area contributed by atoms with Crippen LogP contribution in [0.2, 0.25) is 0 Å². The van der Waals surface area contributed by atoms with Crippen molar-refractivity contribution in [2.45, 2.75) is 90.3 Å². The third kappa shape index (κ3) is 11.4. The van der Waals surface area contributed by atoms with E-state index in [0.717, 1.165) is 28.0 Å². The van der Waals surface area contributed by atoms with E-state index in [2.05, 4.69) is 4.98 Å². The van der Waals surface area contributed by atoms with Gasteiger partial charge in [0.2, 0.25) is 0 Å². The Morgan fingerprint density at radius 2 is 1.77 bits per heavy atom. The largest absolute Gasteiger partial charge is 0.458 e. The highest BCUT2D eigenvalue weighted by atomic mass is 19.1. The van der Waals surface area contributed by atoms with Gasteiger partial charge in [-0.05, 0) is 70.2 Å². The monoisotopic (exact) mass is 598 g/mol. The average molecular weight is 599 g/mol. The van der Waals surface area contributed by atoms with Crippen LogP contribution < -0.4 is 0 Å². The van der Waals surface area contributed by atoms with Gasteiger partial charge in [0.1, 0.15) is 23.9 Å². The van der Waals surface area contributed by atoms with Gasteiger partial charge in [0.15, 0.2) is 6.10 Å². The van der Waals surface area contributed by atoms with E-state index >= 15 is 0 Å². The van der Waals surface area contributed by atoms with Gasteiger partial charge in [0.25, 0.3) is 0 Å². The summed E-state index contributed by atoms with van der Waals surface area (Å²) in [4.78, 5) is 45.0. The molecule has 1 amide bonds. The number of hydrogen-bond acceptors (Lipinski definition) is 8. The average Bonchev–Trinajstić information content (AvgIpc) is 2.96. The zero-order valence-corrected chi connectivity index (χ0v) is 25.9. The van der Waals surface area contributed by atoms with Gasteiger partial charge < -0.3 is 18.9 Å². The lowest BCUT2D eigenvalue weighted by atomic mass is 10.00. The summed E-state index contributed by atoms with van der Waals surface area (Å²) in [6, 6.07) is 11.6. The van der Waals surface area contributed by atoms with Crippen LogP contribution in [0, 0.1) is 0 Å². The van der Waals surface area contributed by atoms with Crippen molar-refractivity contribution in [2.24, 2.45) is 0 Å². The molecule has 1 aliphatic heterocycles. The molecule has 234 valence electrons. The predicted octanol–water partition coefficient (Wildman–Crippen LogP) is 5.85. The number of amides is 1. The van der Waals surface area contributed by atoms with Crippen molar-refractivity contribution in [1.82, 2.24) is 9.88 Å². The second-order valence-corrected chi connectivity index (χ2v) is 12.2. The molecular weight excluding hydrogens is 555 g/mol. The number of likely N-dealkylation sites (N-methyl/N-ethyl adjacent to an activating group) is 1. The minimum atomic E-state index is -1.82. The molecule has 2 heterocycles. The molecule has 0 radical (unpaired) electrons. The predicted molar refractivity (Wildman–Crippen MR) is 160 cm³/mol. The number of nitrogens with zero attached hydrogens (tertiary/aromatic N) is 2. The van der Waals surface area contributed by atoms with E-state index in [1.54, 1.807) is 27.0 Å². The standard InChI is InChI=1S/C33H43FN2O7/c1-32(2,3)43-31(39)36(6)27(20-33(4,5)34)29(37)42-28(30(38)41-22-23-10-8-7-9-11-23)15-14-26-13-12-25(21-35-26)24-16-18-40-19-17-24/h7-13,16,21,27-28H,14-15,17-20,22H2,1-6H3/t27-,28+/m0/s1. The van der Waals surface area contributed by atoms with Crippen molar-refractivity contribution < 1.29 is 37.7 Å². The topological polar surface area (TPSA) is 104 Å². The first-order valence-electron chi connectivity index (χ1n) is 14.5. The third-order valence-electron chi connectivity index (χ3n) is 6.67. The maximum Gasteiger partial charge on any atom is 0.410 e. The number of hydrogen-bond donors (Lipinski definition) is 0. The van der Waals surface area contributed by atoms with E-state index in [9.17, 15) is 18.8 Å². The number of carbonyl (C=O) groups is 3. The molecule has 0 unspecified atom stereocenters. The summed E-state index contributed by atoms with van der Waals surface area (Å²) >= 11 is 0. The molecule has 1 aromatic heterocycles. The maximum atomic E-state index is 14.8. The lowest BCUT2D eigenvalue weighted by Crippen LogP contribution is -2.49. The molecule has 10 heteroatoms. The van der Waals surface area contributed by atoms with Gasteiger partial charge in [0, 0.05) is 31.8 Å². The van der Waals surface area contributed by atoms with Crippen LogP contribution in [0.15, 0.2) is 54.7 Å². The molecule has 0 bridgehead atoms. The number of carbonyl (C=O) groups excluding carboxylic acids is 3. The fourth-order valence-electron chi connectivity index (χ4n) is 4.40. The fraction of sp³-hybridized carbons (Fsp3) is 0.515. The van der Waals surface area contributed by atoms with E-state index < -0.39 is 41.4 Å². The number of rotatable bonds is 12. The van der Waals surface area contributed by atoms with Crippen LogP contribution in [0.25, 0.3) is 5.57 Å². The van der Waals surface area contributed by atoms with E-state index in [-0.39, 0.29) is 19.4 Å². The Morgan fingerprint density at radius 3 is 2.35 bits per heavy atom. The van der Waals surface area contributed by atoms with Crippen LogP contribution >= 0.6 is 0 Å². The summed E-state index contributed by atoms with van der Waals surface area (Å²) in [5.74, 6) is -1.69. The number of ether oxygens (including phenoxy) is 4. The minimum Gasteiger partial charge on any atom is -0.458 e. The van der Waals surface area contributed by atoms with E-state index in [4.69, 9.17) is 18.9 Å². The molecule has 1 aromatic carbocycles. The zero-order valence-electron chi connectivity index (χ0n) is 25.9. The molecule has 2 atom stereocenters. The minimum absolute atomic E-state index is 0.0156. The van der Waals surface area contributed by atoms with E-state index in [1.807, 2.05) is 48.5 Å². The van der Waals surface area contributed by atoms with Crippen molar-refractivity contribution in [2.75, 3.05) is 20.3 Å². The first kappa shape index (κ1) is 33.7. The van der Waals surface area contributed by atoms with Gasteiger partial charge in [-0.15, -0.1) is 0 Å². The summed E-state index contributed by atoms with van der Waals surface area (Å²) in [5.41, 5.74) is 0.965. The highest BCUT2D eigenvalue weighted by Gasteiger charge is 2.38. The molecule has 0 N–H and O–H groups in total. The normalized spacial score (nSPS) is 15.1. The highest BCUT2D eigenvalue weighted by molar-refractivity contribution is 5.84. The number of alkyl halides is 1. The molecular formula is C33H43FN2O7. The number of pyridine rings is 1. The lowest BCUT2D eigenvalue weighted by Gasteiger charge is -2.32. The van der Waals surface area contributed by atoms with Gasteiger partial charge in [0.05, 0.1) is 13.2 Å². The summed E-state index contributed by atoms with van der Waals surface area (Å²) in [6.45, 7) is 8.87. The van der Waals surface area contributed by atoms with Crippen molar-refractivity contribution in [3.63, 3.8) is 0 Å². The Hall–Kier alpha value is -3.79. The van der Waals surface area contributed by atoms with Crippen molar-refractivity contribution in [3.05, 3.63) is 71.6 Å². The van der Waals surface area contributed by atoms with Crippen molar-refractivity contribution in [3.8, 4) is 0 Å². The van der Waals surface area contributed by atoms with Crippen LogP contribution in [-0.2, 0) is 41.6 Å². The Morgan fingerprint density at radius 1 is 1.05 bits per heavy atom.